The Labute approximate surface area is 414 Å². The van der Waals surface area contributed by atoms with E-state index < -0.39 is 0 Å². The van der Waals surface area contributed by atoms with Gasteiger partial charge in [0, 0.05) is 30.7 Å². The summed E-state index contributed by atoms with van der Waals surface area (Å²) in [6, 6.07) is 13.4. The number of unbranched alkanes of at least 4 members (excludes halogenated alkanes) is 12. The van der Waals surface area contributed by atoms with Crippen LogP contribution < -0.4 is 0 Å². The van der Waals surface area contributed by atoms with Gasteiger partial charge in [-0.3, -0.25) is 0 Å². The minimum atomic E-state index is 1.04. The molecule has 12 heteroatoms. The Morgan fingerprint density at radius 1 is 0.350 bits per heavy atom. The van der Waals surface area contributed by atoms with Gasteiger partial charge in [0.05, 0.1) is 33.9 Å². The number of hydrogen-bond donors (Lipinski definition) is 0. The molecule has 2 aromatic rings. The Kier molecular flexibility index (Phi) is 24.0. The third kappa shape index (κ3) is 16.3. The maximum absolute atomic E-state index is 3.35. The van der Waals surface area contributed by atoms with Crippen LogP contribution >= 0.6 is 141 Å². The van der Waals surface area contributed by atoms with Crippen LogP contribution in [0.4, 0.5) is 0 Å². The molecule has 4 aliphatic heterocycles. The summed E-state index contributed by atoms with van der Waals surface area (Å²) in [5.74, 6) is 18.0. The first-order valence-electron chi connectivity index (χ1n) is 21.8. The number of thioether (sulfide) groups is 12. The highest BCUT2D eigenvalue weighted by Gasteiger charge is 2.31. The Balaban J connectivity index is 1.03. The zero-order valence-corrected chi connectivity index (χ0v) is 45.3. The summed E-state index contributed by atoms with van der Waals surface area (Å²) in [4.78, 5) is 5.33. The maximum Gasteiger partial charge on any atom is 0.0717 e. The van der Waals surface area contributed by atoms with Gasteiger partial charge < -0.3 is 0 Å². The minimum Gasteiger partial charge on any atom is -0.117 e. The first-order chi connectivity index (χ1) is 29.6. The van der Waals surface area contributed by atoms with Gasteiger partial charge in [0.2, 0.25) is 0 Å². The summed E-state index contributed by atoms with van der Waals surface area (Å²) >= 11 is 24.2. The Bertz CT molecular complexity index is 1800. The summed E-state index contributed by atoms with van der Waals surface area (Å²) in [6.07, 6.45) is 21.3. The van der Waals surface area contributed by atoms with E-state index in [-0.39, 0.29) is 0 Å². The van der Waals surface area contributed by atoms with E-state index in [2.05, 4.69) is 135 Å². The van der Waals surface area contributed by atoms with Crippen molar-refractivity contribution in [2.45, 2.75) is 150 Å². The lowest BCUT2D eigenvalue weighted by Crippen LogP contribution is -1.83. The molecule has 0 bridgehead atoms. The van der Waals surface area contributed by atoms with E-state index in [9.17, 15) is 0 Å². The van der Waals surface area contributed by atoms with E-state index in [1.807, 2.05) is 94.1 Å². The Morgan fingerprint density at radius 3 is 0.967 bits per heavy atom. The fourth-order valence-corrected chi connectivity index (χ4v) is 23.8. The monoisotopic (exact) mass is 1020 g/mol. The number of fused-ring (bicyclic) bond motifs is 2. The van der Waals surface area contributed by atoms with Crippen LogP contribution in [0.1, 0.15) is 142 Å². The molecule has 0 aromatic heterocycles. The average Bonchev–Trinajstić information content (AvgIpc) is 4.07. The van der Waals surface area contributed by atoms with Crippen molar-refractivity contribution in [3.8, 4) is 23.7 Å². The zero-order valence-electron chi connectivity index (χ0n) is 35.5. The summed E-state index contributed by atoms with van der Waals surface area (Å²) in [6.45, 7) is 9.19. The van der Waals surface area contributed by atoms with E-state index in [0.29, 0.717) is 0 Å². The fraction of sp³-hybridized carbons (Fsp3) is 0.500. The molecule has 0 N–H and O–H groups in total. The van der Waals surface area contributed by atoms with Crippen molar-refractivity contribution >= 4 is 141 Å². The van der Waals surface area contributed by atoms with Crippen LogP contribution in [0.2, 0.25) is 0 Å². The lowest BCUT2D eigenvalue weighted by molar-refractivity contribution is 0.707. The molecule has 0 nitrogen and oxygen atoms in total. The van der Waals surface area contributed by atoms with Crippen LogP contribution in [0.5, 0.6) is 0 Å². The fourth-order valence-electron chi connectivity index (χ4n) is 6.15. The van der Waals surface area contributed by atoms with Crippen molar-refractivity contribution in [2.24, 2.45) is 0 Å². The van der Waals surface area contributed by atoms with Gasteiger partial charge in [-0.1, -0.05) is 211 Å². The van der Waals surface area contributed by atoms with Crippen molar-refractivity contribution in [3.05, 3.63) is 81.4 Å². The van der Waals surface area contributed by atoms with Gasteiger partial charge in [0.1, 0.15) is 0 Å². The highest BCUT2D eigenvalue weighted by Crippen LogP contribution is 2.65. The largest absolute Gasteiger partial charge is 0.117 e. The van der Waals surface area contributed by atoms with Gasteiger partial charge >= 0.3 is 0 Å². The lowest BCUT2D eigenvalue weighted by Gasteiger charge is -2.05. The van der Waals surface area contributed by atoms with Gasteiger partial charge in [0.25, 0.3) is 0 Å². The first kappa shape index (κ1) is 50.1. The van der Waals surface area contributed by atoms with Gasteiger partial charge in [-0.2, -0.15) is 0 Å². The highest BCUT2D eigenvalue weighted by molar-refractivity contribution is 8.43. The van der Waals surface area contributed by atoms with Crippen molar-refractivity contribution in [1.82, 2.24) is 0 Å². The predicted molar refractivity (Wildman–Crippen MR) is 295 cm³/mol. The normalized spacial score (nSPS) is 15.9. The highest BCUT2D eigenvalue weighted by atomic mass is 32.3. The van der Waals surface area contributed by atoms with Crippen molar-refractivity contribution < 1.29 is 0 Å². The van der Waals surface area contributed by atoms with Crippen LogP contribution in [0.3, 0.4) is 0 Å². The molecule has 0 spiro atoms. The van der Waals surface area contributed by atoms with E-state index >= 15 is 0 Å². The second-order valence-corrected chi connectivity index (χ2v) is 29.4. The van der Waals surface area contributed by atoms with E-state index in [4.69, 9.17) is 0 Å². The molecule has 0 saturated heterocycles. The standard InChI is InChI=1S/C48H58S12/c1-5-9-13-19-29-49-41-42(50-30-20-14-10-6-2)58-47(57-41)45-53-37-27-25-35(33-39(37)55-45)23-17-18-24-36-26-28-38-40(34-36)56-46(54-38)48-59-43(51-31-21-15-11-7-3)44(60-48)52-32-22-16-12-8-4/h25-28,33-34H,5-16,19-22,29-32H2,1-4H3. The molecule has 4 aliphatic rings. The molecule has 0 saturated carbocycles. The predicted octanol–water partition coefficient (Wildman–Crippen LogP) is 20.2. The summed E-state index contributed by atoms with van der Waals surface area (Å²) < 4.78 is 11.9. The van der Waals surface area contributed by atoms with Crippen molar-refractivity contribution in [3.63, 3.8) is 0 Å². The van der Waals surface area contributed by atoms with Crippen LogP contribution in [0.25, 0.3) is 0 Å². The molecule has 0 atom stereocenters. The van der Waals surface area contributed by atoms with Crippen LogP contribution in [0, 0.1) is 23.7 Å². The molecular weight excluding hydrogens is 961 g/mol. The third-order valence-corrected chi connectivity index (χ3v) is 27.0. The average molecular weight is 1020 g/mol. The quantitative estimate of drug-likeness (QED) is 0.0726. The molecule has 0 aliphatic carbocycles. The van der Waals surface area contributed by atoms with Crippen LogP contribution in [-0.4, -0.2) is 23.0 Å². The second-order valence-electron chi connectivity index (χ2n) is 14.6. The lowest BCUT2D eigenvalue weighted by atomic mass is 10.2. The van der Waals surface area contributed by atoms with Gasteiger partial charge in [0.15, 0.2) is 0 Å². The Hall–Kier alpha value is 0.720. The van der Waals surface area contributed by atoms with Gasteiger partial charge in [-0.15, -0.1) is 47.0 Å². The van der Waals surface area contributed by atoms with E-state index in [1.54, 1.807) is 0 Å². The van der Waals surface area contributed by atoms with E-state index in [1.165, 1.54) is 179 Å². The molecule has 6 rings (SSSR count). The molecule has 0 fully saturated rings. The SMILES string of the molecule is CCCCCCSC1=C(SCCCCCC)SC(=C2Sc3ccc(C#CC#Cc4ccc5c(c4)SC(=C4SC(SCCCCCC)=C(SCCCCCC)S4)S5)cc3S2)S1. The van der Waals surface area contributed by atoms with Crippen LogP contribution in [0.15, 0.2) is 89.9 Å². The third-order valence-electron chi connectivity index (χ3n) is 9.51. The second kappa shape index (κ2) is 28.7. The smallest absolute Gasteiger partial charge is 0.0717 e. The summed E-state index contributed by atoms with van der Waals surface area (Å²) in [7, 11) is 0. The minimum absolute atomic E-state index is 1.04. The molecule has 2 aromatic carbocycles. The van der Waals surface area contributed by atoms with Crippen LogP contribution in [-0.2, 0) is 0 Å². The zero-order chi connectivity index (χ0) is 41.8. The molecule has 60 heavy (non-hydrogen) atoms. The molecular formula is C48H58S12. The maximum atomic E-state index is 3.35. The Morgan fingerprint density at radius 2 is 0.650 bits per heavy atom. The molecule has 4 heterocycles. The first-order valence-corrected chi connectivity index (χ1v) is 32.3. The molecule has 0 radical (unpaired) electrons. The van der Waals surface area contributed by atoms with Crippen molar-refractivity contribution in [1.29, 1.82) is 0 Å². The number of benzene rings is 2. The number of rotatable bonds is 24. The molecule has 0 unspecified atom stereocenters. The van der Waals surface area contributed by atoms with Crippen molar-refractivity contribution in [2.75, 3.05) is 23.0 Å². The van der Waals surface area contributed by atoms with E-state index in [0.717, 1.165) is 11.1 Å². The molecule has 322 valence electrons. The topological polar surface area (TPSA) is 0 Å². The number of hydrogen-bond acceptors (Lipinski definition) is 12. The molecule has 0 amide bonds. The summed E-state index contributed by atoms with van der Waals surface area (Å²) in [5.41, 5.74) is 2.07. The van der Waals surface area contributed by atoms with Gasteiger partial charge in [-0.25, -0.2) is 0 Å². The summed E-state index contributed by atoms with van der Waals surface area (Å²) in [5, 5.41) is 0. The van der Waals surface area contributed by atoms with Gasteiger partial charge in [-0.05, 0) is 96.9 Å².